The van der Waals surface area contributed by atoms with Crippen LogP contribution in [-0.4, -0.2) is 61.7 Å². The molecule has 4 heterocycles. The molecule has 4 aliphatic rings. The molecule has 15 heteroatoms. The number of carbonyl (C=O) groups is 1. The first-order valence-corrected chi connectivity index (χ1v) is 11.3. The van der Waals surface area contributed by atoms with Gasteiger partial charge in [0, 0.05) is 24.0 Å². The number of amides is 1. The first-order valence-electron chi connectivity index (χ1n) is 11.3. The van der Waals surface area contributed by atoms with Crippen LogP contribution in [0.5, 0.6) is 0 Å². The summed E-state index contributed by atoms with van der Waals surface area (Å²) in [5.41, 5.74) is 0.575. The number of halogens is 4. The molecule has 3 aromatic heterocycles. The summed E-state index contributed by atoms with van der Waals surface area (Å²) in [5, 5.41) is 16.6. The van der Waals surface area contributed by atoms with E-state index in [0.717, 1.165) is 19.3 Å². The summed E-state index contributed by atoms with van der Waals surface area (Å²) < 4.78 is 68.0. The highest BCUT2D eigenvalue weighted by Gasteiger charge is 2.58. The van der Waals surface area contributed by atoms with Gasteiger partial charge in [-0.05, 0) is 31.2 Å². The number of nitrogens with one attached hydrogen (secondary N) is 3. The number of H-pyrrole nitrogens is 1. The first kappa shape index (κ1) is 23.0. The van der Waals surface area contributed by atoms with Crippen molar-refractivity contribution < 1.29 is 36.6 Å². The zero-order chi connectivity index (χ0) is 25.1. The van der Waals surface area contributed by atoms with Crippen LogP contribution in [0.15, 0.2) is 24.5 Å². The number of aromatic amines is 1. The maximum Gasteiger partial charge on any atom is 0.522 e. The zero-order valence-electron chi connectivity index (χ0n) is 18.6. The van der Waals surface area contributed by atoms with Gasteiger partial charge in [-0.3, -0.25) is 9.84 Å². The average Bonchev–Trinajstić information content (AvgIpc) is 3.48. The molecule has 3 atom stereocenters. The van der Waals surface area contributed by atoms with Gasteiger partial charge in [0.15, 0.2) is 23.9 Å². The van der Waals surface area contributed by atoms with Gasteiger partial charge in [-0.25, -0.2) is 18.7 Å². The minimum absolute atomic E-state index is 0.0508. The summed E-state index contributed by atoms with van der Waals surface area (Å²) in [6, 6.07) is 2.91. The van der Waals surface area contributed by atoms with Crippen molar-refractivity contribution in [2.45, 2.75) is 56.2 Å². The van der Waals surface area contributed by atoms with Crippen molar-refractivity contribution in [2.24, 2.45) is 5.92 Å². The molecule has 3 saturated carbocycles. The Labute approximate surface area is 200 Å². The quantitative estimate of drug-likeness (QED) is 0.413. The molecule has 0 unspecified atom stereocenters. The molecule has 1 aliphatic heterocycles. The summed E-state index contributed by atoms with van der Waals surface area (Å²) in [6.45, 7) is -0.854. The molecule has 36 heavy (non-hydrogen) atoms. The number of alkyl halides is 4. The van der Waals surface area contributed by atoms with E-state index in [-0.39, 0.29) is 29.5 Å². The molecule has 3 aromatic rings. The summed E-state index contributed by atoms with van der Waals surface area (Å²) in [6.07, 6.45) is -3.40. The maximum absolute atomic E-state index is 15.0. The van der Waals surface area contributed by atoms with E-state index in [2.05, 4.69) is 35.7 Å². The van der Waals surface area contributed by atoms with Crippen LogP contribution < -0.4 is 10.6 Å². The summed E-state index contributed by atoms with van der Waals surface area (Å²) >= 11 is 0. The fraction of sp³-hybridized carbons (Fsp3) is 0.524. The smallest absolute Gasteiger partial charge is 0.441 e. The highest BCUT2D eigenvalue weighted by molar-refractivity contribution is 5.72. The van der Waals surface area contributed by atoms with E-state index in [1.165, 1.54) is 29.0 Å². The Morgan fingerprint density at radius 1 is 1.31 bits per heavy atom. The van der Waals surface area contributed by atoms with Crippen molar-refractivity contribution >= 4 is 23.2 Å². The van der Waals surface area contributed by atoms with Gasteiger partial charge in [-0.1, -0.05) is 0 Å². The number of hydrogen-bond donors (Lipinski definition) is 3. The number of rotatable bonds is 7. The lowest BCUT2D eigenvalue weighted by atomic mass is 9.50. The topological polar surface area (TPSA) is 128 Å². The summed E-state index contributed by atoms with van der Waals surface area (Å²) in [4.78, 5) is 16.3. The molecule has 0 radical (unpaired) electrons. The lowest BCUT2D eigenvalue weighted by Crippen LogP contribution is -2.68. The highest BCUT2D eigenvalue weighted by Crippen LogP contribution is 2.57. The van der Waals surface area contributed by atoms with Crippen LogP contribution in [0.2, 0.25) is 0 Å². The number of anilines is 2. The third-order valence-electron chi connectivity index (χ3n) is 6.72. The van der Waals surface area contributed by atoms with E-state index in [1.807, 2.05) is 0 Å². The molecule has 7 rings (SSSR count). The van der Waals surface area contributed by atoms with Crippen molar-refractivity contribution in [3.8, 4) is 0 Å². The number of ether oxygens (including phenoxy) is 3. The second kappa shape index (κ2) is 8.30. The normalized spacial score (nSPS) is 29.0. The SMILES string of the molecule is O=C(NC12CC(C1)C2)O[C@H]1CO[C@@H](c2cc(Nc3nccn4nc(COC(F)(F)F)cc34)n[nH]2)[C@H]1F. The van der Waals surface area contributed by atoms with Crippen LogP contribution in [0.4, 0.5) is 34.0 Å². The summed E-state index contributed by atoms with van der Waals surface area (Å²) in [7, 11) is 0. The number of carbonyl (C=O) groups excluding carboxylic acids is 1. The predicted octanol–water partition coefficient (Wildman–Crippen LogP) is 3.29. The van der Waals surface area contributed by atoms with E-state index in [4.69, 9.17) is 9.47 Å². The van der Waals surface area contributed by atoms with Gasteiger partial charge in [0.2, 0.25) is 0 Å². The fourth-order valence-corrected chi connectivity index (χ4v) is 4.92. The summed E-state index contributed by atoms with van der Waals surface area (Å²) in [5.74, 6) is 1.21. The van der Waals surface area contributed by atoms with Crippen molar-refractivity contribution in [2.75, 3.05) is 11.9 Å². The Hall–Kier alpha value is -3.46. The minimum atomic E-state index is -4.78. The van der Waals surface area contributed by atoms with E-state index in [1.54, 1.807) is 0 Å². The number of aromatic nitrogens is 5. The molecule has 192 valence electrons. The van der Waals surface area contributed by atoms with Gasteiger partial charge in [0.25, 0.3) is 0 Å². The van der Waals surface area contributed by atoms with Gasteiger partial charge in [-0.15, -0.1) is 13.2 Å². The first-order chi connectivity index (χ1) is 17.2. The Bertz CT molecular complexity index is 1280. The van der Waals surface area contributed by atoms with Gasteiger partial charge >= 0.3 is 12.5 Å². The predicted molar refractivity (Wildman–Crippen MR) is 113 cm³/mol. The Morgan fingerprint density at radius 2 is 2.11 bits per heavy atom. The Balaban J connectivity index is 1.09. The molecule has 1 amide bonds. The van der Waals surface area contributed by atoms with Crippen molar-refractivity contribution in [3.05, 3.63) is 35.9 Å². The van der Waals surface area contributed by atoms with Gasteiger partial charge < -0.3 is 20.1 Å². The van der Waals surface area contributed by atoms with Crippen LogP contribution in [0, 0.1) is 5.92 Å². The van der Waals surface area contributed by atoms with Crippen LogP contribution >= 0.6 is 0 Å². The molecule has 2 bridgehead atoms. The zero-order valence-corrected chi connectivity index (χ0v) is 18.6. The Morgan fingerprint density at radius 3 is 2.83 bits per heavy atom. The maximum atomic E-state index is 15.0. The van der Waals surface area contributed by atoms with Gasteiger partial charge in [-0.2, -0.15) is 10.2 Å². The molecule has 11 nitrogen and oxygen atoms in total. The van der Waals surface area contributed by atoms with Gasteiger partial charge in [0.05, 0.1) is 18.0 Å². The molecule has 0 spiro atoms. The third-order valence-corrected chi connectivity index (χ3v) is 6.72. The monoisotopic (exact) mass is 511 g/mol. The lowest BCUT2D eigenvalue weighted by Gasteiger charge is -2.61. The number of hydrogen-bond acceptors (Lipinski definition) is 8. The van der Waals surface area contributed by atoms with Crippen molar-refractivity contribution in [1.29, 1.82) is 0 Å². The molecule has 1 saturated heterocycles. The lowest BCUT2D eigenvalue weighted by molar-refractivity contribution is -0.330. The van der Waals surface area contributed by atoms with Crippen molar-refractivity contribution in [1.82, 2.24) is 30.1 Å². The van der Waals surface area contributed by atoms with E-state index >= 15 is 4.39 Å². The number of fused-ring (bicyclic) bond motifs is 1. The largest absolute Gasteiger partial charge is 0.522 e. The standard InChI is InChI=1S/C21H21F4N7O4/c22-16-14(36-19(33)28-20-5-10(6-20)7-20)9-34-17(16)12-4-15(30-29-12)27-18-13-3-11(8-35-21(23,24)25)31-32(13)2-1-26-18/h1-4,10,14,16-17H,5-9H2,(H,28,33)(H2,26,27,29,30)/t10?,14-,16-,17-,20?/m0/s1. The molecule has 3 aliphatic carbocycles. The highest BCUT2D eigenvalue weighted by atomic mass is 19.4. The Kier molecular flexibility index (Phi) is 5.29. The van der Waals surface area contributed by atoms with Crippen LogP contribution in [0.1, 0.15) is 36.8 Å². The molecule has 4 fully saturated rings. The fourth-order valence-electron chi connectivity index (χ4n) is 4.92. The molecular weight excluding hydrogens is 490 g/mol. The number of nitrogens with zero attached hydrogens (tertiary/aromatic N) is 4. The average molecular weight is 511 g/mol. The minimum Gasteiger partial charge on any atom is -0.441 e. The van der Waals surface area contributed by atoms with E-state index < -0.39 is 37.4 Å². The third kappa shape index (κ3) is 4.32. The molecule has 3 N–H and O–H groups in total. The second-order valence-electron chi connectivity index (χ2n) is 9.34. The van der Waals surface area contributed by atoms with Crippen LogP contribution in [-0.2, 0) is 20.8 Å². The second-order valence-corrected chi connectivity index (χ2v) is 9.34. The van der Waals surface area contributed by atoms with E-state index in [9.17, 15) is 18.0 Å². The van der Waals surface area contributed by atoms with Crippen LogP contribution in [0.25, 0.3) is 5.52 Å². The molecule has 0 aromatic carbocycles. The molecular formula is C21H21F4N7O4. The van der Waals surface area contributed by atoms with E-state index in [0.29, 0.717) is 17.1 Å². The van der Waals surface area contributed by atoms with Gasteiger partial charge in [0.1, 0.15) is 18.2 Å². The van der Waals surface area contributed by atoms with Crippen molar-refractivity contribution in [3.63, 3.8) is 0 Å². The van der Waals surface area contributed by atoms with Crippen LogP contribution in [0.3, 0.4) is 0 Å². The number of alkyl carbamates (subject to hydrolysis) is 1.